The number of hydrogen-bond acceptors (Lipinski definition) is 2. The summed E-state index contributed by atoms with van der Waals surface area (Å²) in [5.74, 6) is 0.774. The van der Waals surface area contributed by atoms with Gasteiger partial charge >= 0.3 is 0 Å². The Bertz CT molecular complexity index is 781. The van der Waals surface area contributed by atoms with Crippen molar-refractivity contribution in [1.29, 1.82) is 0 Å². The molecule has 1 aliphatic rings. The third-order valence-electron chi connectivity index (χ3n) is 5.60. The van der Waals surface area contributed by atoms with Crippen molar-refractivity contribution >= 4 is 5.91 Å². The molecule has 0 aromatic heterocycles. The lowest BCUT2D eigenvalue weighted by Gasteiger charge is -2.30. The van der Waals surface area contributed by atoms with Crippen molar-refractivity contribution in [3.8, 4) is 0 Å². The van der Waals surface area contributed by atoms with Gasteiger partial charge in [-0.3, -0.25) is 9.69 Å². The highest BCUT2D eigenvalue weighted by molar-refractivity contribution is 5.94. The molecule has 0 unspecified atom stereocenters. The van der Waals surface area contributed by atoms with Gasteiger partial charge in [-0.05, 0) is 74.9 Å². The molecule has 2 aromatic rings. The molecule has 3 rings (SSSR count). The lowest BCUT2D eigenvalue weighted by atomic mass is 9.99. The van der Waals surface area contributed by atoms with Crippen LogP contribution in [0.15, 0.2) is 42.5 Å². The lowest BCUT2D eigenvalue weighted by Crippen LogP contribution is -2.33. The molecule has 27 heavy (non-hydrogen) atoms. The maximum absolute atomic E-state index is 12.6. The van der Waals surface area contributed by atoms with Gasteiger partial charge < -0.3 is 5.32 Å². The molecule has 1 heterocycles. The molecule has 0 radical (unpaired) electrons. The lowest BCUT2D eigenvalue weighted by molar-refractivity contribution is 0.0940. The third kappa shape index (κ3) is 5.20. The van der Waals surface area contributed by atoms with Crippen LogP contribution >= 0.6 is 0 Å². The topological polar surface area (TPSA) is 32.3 Å². The van der Waals surface area contributed by atoms with Crippen LogP contribution in [0.4, 0.5) is 0 Å². The number of likely N-dealkylation sites (tertiary alicyclic amines) is 1. The SMILES string of the molecule is Cc1ccc([C@H](C)NC(=O)c2ccc(CN3CCC[C@H](C)C3)cc2)c(C)c1. The van der Waals surface area contributed by atoms with E-state index >= 15 is 0 Å². The summed E-state index contributed by atoms with van der Waals surface area (Å²) in [4.78, 5) is 15.1. The molecule has 1 aliphatic heterocycles. The zero-order valence-corrected chi connectivity index (χ0v) is 17.1. The average molecular weight is 365 g/mol. The van der Waals surface area contributed by atoms with Crippen LogP contribution in [0.3, 0.4) is 0 Å². The maximum atomic E-state index is 12.6. The molecule has 1 N–H and O–H groups in total. The van der Waals surface area contributed by atoms with Crippen LogP contribution in [0.25, 0.3) is 0 Å². The monoisotopic (exact) mass is 364 g/mol. The first kappa shape index (κ1) is 19.6. The van der Waals surface area contributed by atoms with Gasteiger partial charge in [-0.15, -0.1) is 0 Å². The second kappa shape index (κ2) is 8.71. The quantitative estimate of drug-likeness (QED) is 0.807. The first-order chi connectivity index (χ1) is 12.9. The Balaban J connectivity index is 1.60. The van der Waals surface area contributed by atoms with E-state index in [9.17, 15) is 4.79 Å². The fraction of sp³-hybridized carbons (Fsp3) is 0.458. The molecule has 1 amide bonds. The molecule has 3 heteroatoms. The van der Waals surface area contributed by atoms with Crippen LogP contribution < -0.4 is 5.32 Å². The van der Waals surface area contributed by atoms with Crippen LogP contribution in [0.2, 0.25) is 0 Å². The summed E-state index contributed by atoms with van der Waals surface area (Å²) in [5, 5.41) is 3.13. The molecule has 1 fully saturated rings. The summed E-state index contributed by atoms with van der Waals surface area (Å²) in [6, 6.07) is 14.5. The largest absolute Gasteiger partial charge is 0.346 e. The highest BCUT2D eigenvalue weighted by atomic mass is 16.1. The van der Waals surface area contributed by atoms with Gasteiger partial charge in [0.25, 0.3) is 5.91 Å². The van der Waals surface area contributed by atoms with Crippen molar-refractivity contribution < 1.29 is 4.79 Å². The highest BCUT2D eigenvalue weighted by Crippen LogP contribution is 2.20. The minimum Gasteiger partial charge on any atom is -0.346 e. The zero-order chi connectivity index (χ0) is 19.4. The number of rotatable bonds is 5. The Morgan fingerprint density at radius 3 is 2.59 bits per heavy atom. The van der Waals surface area contributed by atoms with Gasteiger partial charge in [0, 0.05) is 18.7 Å². The molecule has 2 atom stereocenters. The molecule has 0 bridgehead atoms. The second-order valence-electron chi connectivity index (χ2n) is 8.23. The molecule has 0 aliphatic carbocycles. The third-order valence-corrected chi connectivity index (χ3v) is 5.60. The van der Waals surface area contributed by atoms with Gasteiger partial charge in [0.2, 0.25) is 0 Å². The van der Waals surface area contributed by atoms with Crippen molar-refractivity contribution in [2.45, 2.75) is 53.1 Å². The number of nitrogens with one attached hydrogen (secondary N) is 1. The summed E-state index contributed by atoms with van der Waals surface area (Å²) >= 11 is 0. The Kier molecular flexibility index (Phi) is 6.33. The van der Waals surface area contributed by atoms with Gasteiger partial charge in [-0.25, -0.2) is 0 Å². The number of hydrogen-bond donors (Lipinski definition) is 1. The van der Waals surface area contributed by atoms with Crippen molar-refractivity contribution in [1.82, 2.24) is 10.2 Å². The number of carbonyl (C=O) groups is 1. The van der Waals surface area contributed by atoms with E-state index < -0.39 is 0 Å². The standard InChI is InChI=1S/C24H32N2O/c1-17-7-12-23(19(3)14-17)20(4)25-24(27)22-10-8-21(9-11-22)16-26-13-5-6-18(2)15-26/h7-12,14,18,20H,5-6,13,15-16H2,1-4H3,(H,25,27)/t18-,20-/m0/s1. The van der Waals surface area contributed by atoms with Crippen LogP contribution in [0.5, 0.6) is 0 Å². The minimum atomic E-state index is -0.0133. The molecule has 0 saturated carbocycles. The molecule has 144 valence electrons. The Hall–Kier alpha value is -2.13. The first-order valence-corrected chi connectivity index (χ1v) is 10.1. The Morgan fingerprint density at radius 2 is 1.93 bits per heavy atom. The van der Waals surface area contributed by atoms with Gasteiger partial charge in [-0.2, -0.15) is 0 Å². The van der Waals surface area contributed by atoms with Crippen LogP contribution in [0.1, 0.15) is 65.3 Å². The van der Waals surface area contributed by atoms with E-state index in [1.807, 2.05) is 19.1 Å². The minimum absolute atomic E-state index is 0.00684. The van der Waals surface area contributed by atoms with E-state index in [1.165, 1.54) is 48.2 Å². The smallest absolute Gasteiger partial charge is 0.251 e. The van der Waals surface area contributed by atoms with Gasteiger partial charge in [0.15, 0.2) is 0 Å². The molecule has 1 saturated heterocycles. The predicted octanol–water partition coefficient (Wildman–Crippen LogP) is 5.03. The average Bonchev–Trinajstić information content (AvgIpc) is 2.62. The number of carbonyl (C=O) groups excluding carboxylic acids is 1. The van der Waals surface area contributed by atoms with Gasteiger partial charge in [-0.1, -0.05) is 42.8 Å². The summed E-state index contributed by atoms with van der Waals surface area (Å²) in [6.07, 6.45) is 2.63. The molecule has 2 aromatic carbocycles. The zero-order valence-electron chi connectivity index (χ0n) is 17.1. The van der Waals surface area contributed by atoms with Crippen molar-refractivity contribution in [2.75, 3.05) is 13.1 Å². The van der Waals surface area contributed by atoms with Crippen LogP contribution in [0, 0.1) is 19.8 Å². The second-order valence-corrected chi connectivity index (χ2v) is 8.23. The number of amides is 1. The maximum Gasteiger partial charge on any atom is 0.251 e. The van der Waals surface area contributed by atoms with Gasteiger partial charge in [0.1, 0.15) is 0 Å². The fourth-order valence-corrected chi connectivity index (χ4v) is 4.12. The Morgan fingerprint density at radius 1 is 1.19 bits per heavy atom. The molecule has 0 spiro atoms. The van der Waals surface area contributed by atoms with E-state index in [2.05, 4.69) is 61.3 Å². The number of nitrogens with zero attached hydrogens (tertiary/aromatic N) is 1. The molecular weight excluding hydrogens is 332 g/mol. The number of piperidine rings is 1. The van der Waals surface area contributed by atoms with Crippen molar-refractivity contribution in [3.63, 3.8) is 0 Å². The van der Waals surface area contributed by atoms with E-state index in [0.717, 1.165) is 18.0 Å². The summed E-state index contributed by atoms with van der Waals surface area (Å²) < 4.78 is 0. The molecule has 3 nitrogen and oxygen atoms in total. The number of aryl methyl sites for hydroxylation is 2. The van der Waals surface area contributed by atoms with E-state index in [0.29, 0.717) is 0 Å². The van der Waals surface area contributed by atoms with E-state index in [4.69, 9.17) is 0 Å². The summed E-state index contributed by atoms with van der Waals surface area (Å²) in [5.41, 5.74) is 5.64. The van der Waals surface area contributed by atoms with E-state index in [1.54, 1.807) is 0 Å². The van der Waals surface area contributed by atoms with Crippen molar-refractivity contribution in [3.05, 3.63) is 70.3 Å². The summed E-state index contributed by atoms with van der Waals surface area (Å²) in [6.45, 7) is 11.9. The van der Waals surface area contributed by atoms with Gasteiger partial charge in [0.05, 0.1) is 6.04 Å². The van der Waals surface area contributed by atoms with Crippen molar-refractivity contribution in [2.24, 2.45) is 5.92 Å². The molecular formula is C24H32N2O. The fourth-order valence-electron chi connectivity index (χ4n) is 4.12. The Labute approximate surface area is 163 Å². The van der Waals surface area contributed by atoms with E-state index in [-0.39, 0.29) is 11.9 Å². The number of benzene rings is 2. The van der Waals surface area contributed by atoms with Crippen LogP contribution in [-0.4, -0.2) is 23.9 Å². The van der Waals surface area contributed by atoms with Crippen LogP contribution in [-0.2, 0) is 6.54 Å². The predicted molar refractivity (Wildman–Crippen MR) is 112 cm³/mol. The normalized spacial score (nSPS) is 18.9. The summed E-state index contributed by atoms with van der Waals surface area (Å²) in [7, 11) is 0. The highest BCUT2D eigenvalue weighted by Gasteiger charge is 2.17. The first-order valence-electron chi connectivity index (χ1n) is 10.1.